The molecule has 1 unspecified atom stereocenters. The van der Waals surface area contributed by atoms with Crippen LogP contribution in [0.4, 0.5) is 0 Å². The van der Waals surface area contributed by atoms with Gasteiger partial charge in [-0.15, -0.1) is 0 Å². The lowest BCUT2D eigenvalue weighted by atomic mass is 10.1. The van der Waals surface area contributed by atoms with Gasteiger partial charge in [-0.2, -0.15) is 0 Å². The lowest BCUT2D eigenvalue weighted by molar-refractivity contribution is -0.141. The number of carboxylic acid groups (broad SMARTS) is 1. The van der Waals surface area contributed by atoms with E-state index in [9.17, 15) is 4.79 Å². The number of aliphatic hydroxyl groups is 1. The van der Waals surface area contributed by atoms with Gasteiger partial charge in [-0.05, 0) is 19.4 Å². The molecule has 0 bridgehead atoms. The first kappa shape index (κ1) is 10.5. The Kier molecular flexibility index (Phi) is 3.69. The highest BCUT2D eigenvalue weighted by Gasteiger charge is 2.26. The lowest BCUT2D eigenvalue weighted by Gasteiger charge is -2.24. The van der Waals surface area contributed by atoms with Crippen LogP contribution in [0.1, 0.15) is 19.8 Å². The van der Waals surface area contributed by atoms with Crippen molar-refractivity contribution >= 4 is 5.97 Å². The van der Waals surface area contributed by atoms with Gasteiger partial charge in [-0.1, -0.05) is 6.92 Å². The van der Waals surface area contributed by atoms with Gasteiger partial charge in [-0.25, -0.2) is 0 Å². The van der Waals surface area contributed by atoms with Crippen molar-refractivity contribution in [3.8, 4) is 0 Å². The first-order valence-electron chi connectivity index (χ1n) is 4.73. The van der Waals surface area contributed by atoms with Gasteiger partial charge in [0.1, 0.15) is 0 Å². The zero-order valence-electron chi connectivity index (χ0n) is 7.94. The van der Waals surface area contributed by atoms with Crippen LogP contribution in [0, 0.1) is 5.92 Å². The largest absolute Gasteiger partial charge is 0.481 e. The minimum atomic E-state index is -0.761. The second kappa shape index (κ2) is 4.58. The van der Waals surface area contributed by atoms with E-state index in [1.54, 1.807) is 6.92 Å². The Morgan fingerprint density at radius 2 is 2.38 bits per heavy atom. The predicted octanol–water partition coefficient (Wildman–Crippen LogP) is 0.164. The van der Waals surface area contributed by atoms with Crippen molar-refractivity contribution < 1.29 is 15.0 Å². The van der Waals surface area contributed by atoms with E-state index in [0.29, 0.717) is 6.54 Å². The molecule has 0 aromatic heterocycles. The Bertz CT molecular complexity index is 184. The molecule has 1 aliphatic heterocycles. The number of aliphatic carboxylic acids is 1. The Morgan fingerprint density at radius 3 is 2.92 bits per heavy atom. The number of carbonyl (C=O) groups is 1. The quantitative estimate of drug-likeness (QED) is 0.658. The average Bonchev–Trinajstić information content (AvgIpc) is 2.51. The molecule has 0 amide bonds. The lowest BCUT2D eigenvalue weighted by Crippen LogP contribution is -2.37. The Labute approximate surface area is 78.2 Å². The molecule has 0 aromatic rings. The molecule has 0 radical (unpaired) electrons. The van der Waals surface area contributed by atoms with Gasteiger partial charge in [-0.3, -0.25) is 9.69 Å². The highest BCUT2D eigenvalue weighted by atomic mass is 16.4. The molecule has 0 aliphatic carbocycles. The van der Waals surface area contributed by atoms with E-state index in [-0.39, 0.29) is 18.6 Å². The van der Waals surface area contributed by atoms with Gasteiger partial charge >= 0.3 is 5.97 Å². The smallest absolute Gasteiger partial charge is 0.307 e. The van der Waals surface area contributed by atoms with Crippen molar-refractivity contribution in [3.63, 3.8) is 0 Å². The molecule has 13 heavy (non-hydrogen) atoms. The first-order valence-corrected chi connectivity index (χ1v) is 4.73. The summed E-state index contributed by atoms with van der Waals surface area (Å²) in [6.45, 7) is 3.32. The fraction of sp³-hybridized carbons (Fsp3) is 0.889. The third kappa shape index (κ3) is 2.67. The third-order valence-electron chi connectivity index (χ3n) is 2.64. The summed E-state index contributed by atoms with van der Waals surface area (Å²) in [6, 6.07) is 0.182. The predicted molar refractivity (Wildman–Crippen MR) is 48.5 cm³/mol. The average molecular weight is 187 g/mol. The van der Waals surface area contributed by atoms with E-state index >= 15 is 0 Å². The van der Waals surface area contributed by atoms with Crippen LogP contribution >= 0.6 is 0 Å². The number of aliphatic hydroxyl groups excluding tert-OH is 1. The molecule has 1 saturated heterocycles. The SMILES string of the molecule is CC(CN1CCC[C@@H]1CO)C(=O)O. The highest BCUT2D eigenvalue weighted by molar-refractivity contribution is 5.69. The summed E-state index contributed by atoms with van der Waals surface area (Å²) in [6.07, 6.45) is 2.06. The Morgan fingerprint density at radius 1 is 1.69 bits per heavy atom. The van der Waals surface area contributed by atoms with Crippen LogP contribution in [0.2, 0.25) is 0 Å². The van der Waals surface area contributed by atoms with Crippen molar-refractivity contribution in [2.75, 3.05) is 19.7 Å². The van der Waals surface area contributed by atoms with Crippen LogP contribution < -0.4 is 0 Å². The van der Waals surface area contributed by atoms with E-state index in [2.05, 4.69) is 4.90 Å². The van der Waals surface area contributed by atoms with Crippen molar-refractivity contribution in [3.05, 3.63) is 0 Å². The van der Waals surface area contributed by atoms with Gasteiger partial charge in [0, 0.05) is 12.6 Å². The van der Waals surface area contributed by atoms with E-state index in [1.165, 1.54) is 0 Å². The molecule has 0 aromatic carbocycles. The monoisotopic (exact) mass is 187 g/mol. The summed E-state index contributed by atoms with van der Waals surface area (Å²) in [5, 5.41) is 17.7. The maximum Gasteiger partial charge on any atom is 0.307 e. The van der Waals surface area contributed by atoms with Crippen LogP contribution in [0.5, 0.6) is 0 Å². The molecule has 2 atom stereocenters. The van der Waals surface area contributed by atoms with Crippen molar-refractivity contribution in [1.29, 1.82) is 0 Å². The summed E-state index contributed by atoms with van der Waals surface area (Å²) in [5.74, 6) is -1.10. The van der Waals surface area contributed by atoms with E-state index in [1.807, 2.05) is 0 Å². The van der Waals surface area contributed by atoms with E-state index in [0.717, 1.165) is 19.4 Å². The third-order valence-corrected chi connectivity index (χ3v) is 2.64. The second-order valence-corrected chi connectivity index (χ2v) is 3.71. The minimum absolute atomic E-state index is 0.145. The molecule has 1 heterocycles. The Hall–Kier alpha value is -0.610. The summed E-state index contributed by atoms with van der Waals surface area (Å²) in [4.78, 5) is 12.7. The van der Waals surface area contributed by atoms with Crippen LogP contribution in [0.25, 0.3) is 0 Å². The van der Waals surface area contributed by atoms with Gasteiger partial charge in [0.15, 0.2) is 0 Å². The summed E-state index contributed by atoms with van der Waals surface area (Å²) < 4.78 is 0. The summed E-state index contributed by atoms with van der Waals surface area (Å²) in [5.41, 5.74) is 0. The van der Waals surface area contributed by atoms with E-state index in [4.69, 9.17) is 10.2 Å². The maximum atomic E-state index is 10.6. The zero-order valence-corrected chi connectivity index (χ0v) is 7.94. The highest BCUT2D eigenvalue weighted by Crippen LogP contribution is 2.17. The number of hydrogen-bond donors (Lipinski definition) is 2. The number of hydrogen-bond acceptors (Lipinski definition) is 3. The van der Waals surface area contributed by atoms with Gasteiger partial charge < -0.3 is 10.2 Å². The maximum absolute atomic E-state index is 10.6. The minimum Gasteiger partial charge on any atom is -0.481 e. The molecular formula is C9H17NO3. The molecular weight excluding hydrogens is 170 g/mol. The van der Waals surface area contributed by atoms with Crippen LogP contribution in [0.3, 0.4) is 0 Å². The van der Waals surface area contributed by atoms with Crippen molar-refractivity contribution in [2.24, 2.45) is 5.92 Å². The molecule has 1 aliphatic rings. The van der Waals surface area contributed by atoms with Crippen molar-refractivity contribution in [2.45, 2.75) is 25.8 Å². The zero-order chi connectivity index (χ0) is 9.84. The van der Waals surface area contributed by atoms with Gasteiger partial charge in [0.25, 0.3) is 0 Å². The van der Waals surface area contributed by atoms with Gasteiger partial charge in [0.05, 0.1) is 12.5 Å². The number of rotatable bonds is 4. The van der Waals surface area contributed by atoms with E-state index < -0.39 is 5.97 Å². The normalized spacial score (nSPS) is 26.2. The summed E-state index contributed by atoms with van der Waals surface area (Å²) >= 11 is 0. The molecule has 4 heteroatoms. The van der Waals surface area contributed by atoms with Crippen molar-refractivity contribution in [1.82, 2.24) is 4.90 Å². The molecule has 4 nitrogen and oxygen atoms in total. The molecule has 0 spiro atoms. The molecule has 1 rings (SSSR count). The topological polar surface area (TPSA) is 60.8 Å². The van der Waals surface area contributed by atoms with Gasteiger partial charge in [0.2, 0.25) is 0 Å². The number of nitrogens with zero attached hydrogens (tertiary/aromatic N) is 1. The molecule has 1 fully saturated rings. The fourth-order valence-electron chi connectivity index (χ4n) is 1.77. The number of likely N-dealkylation sites (tertiary alicyclic amines) is 1. The fourth-order valence-corrected chi connectivity index (χ4v) is 1.77. The Balaban J connectivity index is 2.39. The molecule has 2 N–H and O–H groups in total. The summed E-state index contributed by atoms with van der Waals surface area (Å²) in [7, 11) is 0. The van der Waals surface area contributed by atoms with Crippen LogP contribution in [-0.4, -0.2) is 46.8 Å². The van der Waals surface area contributed by atoms with Crippen LogP contribution in [0.15, 0.2) is 0 Å². The second-order valence-electron chi connectivity index (χ2n) is 3.71. The standard InChI is InChI=1S/C9H17NO3/c1-7(9(12)13)5-10-4-2-3-8(10)6-11/h7-8,11H,2-6H2,1H3,(H,12,13)/t7?,8-/m1/s1. The van der Waals surface area contributed by atoms with Crippen LogP contribution in [-0.2, 0) is 4.79 Å². The molecule has 0 saturated carbocycles. The first-order chi connectivity index (χ1) is 6.15. The number of carboxylic acids is 1. The molecule has 76 valence electrons.